The summed E-state index contributed by atoms with van der Waals surface area (Å²) in [5, 5.41) is 10.3. The van der Waals surface area contributed by atoms with Crippen LogP contribution in [-0.4, -0.2) is 25.7 Å². The van der Waals surface area contributed by atoms with Gasteiger partial charge in [-0.3, -0.25) is 4.79 Å². The summed E-state index contributed by atoms with van der Waals surface area (Å²) < 4.78 is 2.64. The molecule has 0 fully saturated rings. The maximum atomic E-state index is 13.1. The first-order chi connectivity index (χ1) is 12.6. The molecule has 0 unspecified atom stereocenters. The second-order valence-electron chi connectivity index (χ2n) is 5.82. The predicted octanol–water partition coefficient (Wildman–Crippen LogP) is 3.36. The summed E-state index contributed by atoms with van der Waals surface area (Å²) in [6.07, 6.45) is 3.11. The molecule has 3 aromatic rings. The molecule has 0 aliphatic carbocycles. The van der Waals surface area contributed by atoms with Crippen LogP contribution in [0.15, 0.2) is 70.7 Å². The van der Waals surface area contributed by atoms with Gasteiger partial charge in [-0.05, 0) is 36.8 Å². The largest absolute Gasteiger partial charge is 0.328 e. The third kappa shape index (κ3) is 2.99. The van der Waals surface area contributed by atoms with Gasteiger partial charge in [0.1, 0.15) is 18.2 Å². The molecule has 0 bridgehead atoms. The Balaban J connectivity index is 1.78. The summed E-state index contributed by atoms with van der Waals surface area (Å²) in [5.41, 5.74) is 2.22. The van der Waals surface area contributed by atoms with Gasteiger partial charge in [-0.15, -0.1) is 0 Å². The van der Waals surface area contributed by atoms with Crippen LogP contribution in [0.1, 0.15) is 18.5 Å². The smallest absolute Gasteiger partial charge is 0.257 e. The van der Waals surface area contributed by atoms with Crippen molar-refractivity contribution < 1.29 is 4.79 Å². The quantitative estimate of drug-likeness (QED) is 0.691. The van der Waals surface area contributed by atoms with Crippen LogP contribution in [0.3, 0.4) is 0 Å². The summed E-state index contributed by atoms with van der Waals surface area (Å²) in [4.78, 5) is 21.5. The molecule has 0 saturated heterocycles. The van der Waals surface area contributed by atoms with Crippen molar-refractivity contribution >= 4 is 33.6 Å². The highest BCUT2D eigenvalue weighted by atomic mass is 79.9. The Morgan fingerprint density at radius 2 is 2.12 bits per heavy atom. The number of nitrogens with one attached hydrogen (secondary N) is 2. The number of nitrogens with zero attached hydrogens (tertiary/aromatic N) is 4. The third-order valence-electron chi connectivity index (χ3n) is 4.11. The molecule has 8 heteroatoms. The van der Waals surface area contributed by atoms with Crippen molar-refractivity contribution in [2.24, 2.45) is 0 Å². The van der Waals surface area contributed by atoms with Gasteiger partial charge < -0.3 is 10.6 Å². The topological polar surface area (TPSA) is 84.7 Å². The second kappa shape index (κ2) is 6.72. The Kier molecular flexibility index (Phi) is 4.26. The average Bonchev–Trinajstić information content (AvgIpc) is 3.09. The SMILES string of the molecule is CC1=C(C(=O)Nc2ccccn2)[C@H](c2cccc(Br)c2)n2ncnc2N1. The third-order valence-corrected chi connectivity index (χ3v) is 4.60. The highest BCUT2D eigenvalue weighted by molar-refractivity contribution is 9.10. The van der Waals surface area contributed by atoms with E-state index in [1.807, 2.05) is 37.3 Å². The van der Waals surface area contributed by atoms with Crippen molar-refractivity contribution in [3.8, 4) is 0 Å². The molecule has 2 aromatic heterocycles. The lowest BCUT2D eigenvalue weighted by molar-refractivity contribution is -0.113. The predicted molar refractivity (Wildman–Crippen MR) is 101 cm³/mol. The first-order valence-corrected chi connectivity index (χ1v) is 8.78. The minimum atomic E-state index is -0.394. The second-order valence-corrected chi connectivity index (χ2v) is 6.73. The van der Waals surface area contributed by atoms with E-state index in [2.05, 4.69) is 41.6 Å². The molecule has 7 nitrogen and oxygen atoms in total. The highest BCUT2D eigenvalue weighted by Crippen LogP contribution is 2.35. The van der Waals surface area contributed by atoms with Gasteiger partial charge in [0.2, 0.25) is 5.95 Å². The number of carbonyl (C=O) groups is 1. The number of rotatable bonds is 3. The maximum absolute atomic E-state index is 13.1. The van der Waals surface area contributed by atoms with Crippen molar-refractivity contribution in [2.75, 3.05) is 10.6 Å². The normalized spacial score (nSPS) is 16.0. The number of halogens is 1. The minimum absolute atomic E-state index is 0.236. The van der Waals surface area contributed by atoms with Crippen LogP contribution >= 0.6 is 15.9 Å². The number of carbonyl (C=O) groups excluding carboxylic acids is 1. The lowest BCUT2D eigenvalue weighted by Gasteiger charge is -2.28. The molecule has 3 heterocycles. The number of amides is 1. The van der Waals surface area contributed by atoms with Crippen molar-refractivity contribution in [2.45, 2.75) is 13.0 Å². The lowest BCUT2D eigenvalue weighted by Crippen LogP contribution is -2.31. The molecule has 1 aliphatic rings. The number of hydrogen-bond acceptors (Lipinski definition) is 5. The van der Waals surface area contributed by atoms with Crippen molar-refractivity contribution in [1.29, 1.82) is 0 Å². The number of benzene rings is 1. The zero-order valence-electron chi connectivity index (χ0n) is 13.8. The number of anilines is 2. The molecule has 0 radical (unpaired) electrons. The summed E-state index contributed by atoms with van der Waals surface area (Å²) in [5.74, 6) is 0.858. The molecule has 1 aromatic carbocycles. The van der Waals surface area contributed by atoms with E-state index >= 15 is 0 Å². The monoisotopic (exact) mass is 410 g/mol. The molecule has 4 rings (SSSR count). The minimum Gasteiger partial charge on any atom is -0.328 e. The first kappa shape index (κ1) is 16.5. The molecular weight excluding hydrogens is 396 g/mol. The van der Waals surface area contributed by atoms with E-state index in [0.717, 1.165) is 15.7 Å². The van der Waals surface area contributed by atoms with E-state index in [0.29, 0.717) is 17.3 Å². The van der Waals surface area contributed by atoms with Gasteiger partial charge in [0.05, 0.1) is 5.57 Å². The number of fused-ring (bicyclic) bond motifs is 1. The summed E-state index contributed by atoms with van der Waals surface area (Å²) in [6.45, 7) is 1.86. The highest BCUT2D eigenvalue weighted by Gasteiger charge is 2.33. The van der Waals surface area contributed by atoms with E-state index in [-0.39, 0.29) is 5.91 Å². The number of allylic oxidation sites excluding steroid dienone is 1. The van der Waals surface area contributed by atoms with Gasteiger partial charge in [-0.2, -0.15) is 10.1 Å². The number of hydrogen-bond donors (Lipinski definition) is 2. The molecule has 0 spiro atoms. The molecule has 2 N–H and O–H groups in total. The summed E-state index contributed by atoms with van der Waals surface area (Å²) >= 11 is 3.50. The van der Waals surface area contributed by atoms with Crippen LogP contribution in [0.2, 0.25) is 0 Å². The Labute approximate surface area is 158 Å². The fourth-order valence-electron chi connectivity index (χ4n) is 2.99. The zero-order chi connectivity index (χ0) is 18.1. The van der Waals surface area contributed by atoms with Crippen LogP contribution in [0.4, 0.5) is 11.8 Å². The first-order valence-electron chi connectivity index (χ1n) is 7.98. The van der Waals surface area contributed by atoms with Crippen molar-refractivity contribution in [1.82, 2.24) is 19.7 Å². The van der Waals surface area contributed by atoms with Gasteiger partial charge in [-0.25, -0.2) is 9.67 Å². The molecule has 130 valence electrons. The van der Waals surface area contributed by atoms with Gasteiger partial charge in [0, 0.05) is 16.4 Å². The lowest BCUT2D eigenvalue weighted by atomic mass is 9.95. The molecule has 26 heavy (non-hydrogen) atoms. The van der Waals surface area contributed by atoms with Gasteiger partial charge >= 0.3 is 0 Å². The van der Waals surface area contributed by atoms with Crippen LogP contribution in [-0.2, 0) is 4.79 Å². The summed E-state index contributed by atoms with van der Waals surface area (Å²) in [7, 11) is 0. The van der Waals surface area contributed by atoms with E-state index in [1.54, 1.807) is 23.0 Å². The van der Waals surface area contributed by atoms with Crippen molar-refractivity contribution in [3.63, 3.8) is 0 Å². The van der Waals surface area contributed by atoms with Gasteiger partial charge in [0.15, 0.2) is 0 Å². The van der Waals surface area contributed by atoms with Crippen LogP contribution < -0.4 is 10.6 Å². The Morgan fingerprint density at radius 1 is 1.23 bits per heavy atom. The fourth-order valence-corrected chi connectivity index (χ4v) is 3.41. The number of aromatic nitrogens is 4. The molecule has 0 saturated carbocycles. The van der Waals surface area contributed by atoms with Crippen LogP contribution in [0.25, 0.3) is 0 Å². The van der Waals surface area contributed by atoms with Gasteiger partial charge in [0.25, 0.3) is 5.91 Å². The Bertz CT molecular complexity index is 998. The molecule has 1 amide bonds. The molecule has 1 atom stereocenters. The summed E-state index contributed by atoms with van der Waals surface area (Å²) in [6, 6.07) is 12.8. The van der Waals surface area contributed by atoms with E-state index in [9.17, 15) is 4.79 Å². The molecule has 1 aliphatic heterocycles. The fraction of sp³-hybridized carbons (Fsp3) is 0.111. The number of pyridine rings is 1. The average molecular weight is 411 g/mol. The van der Waals surface area contributed by atoms with Crippen molar-refractivity contribution in [3.05, 3.63) is 76.3 Å². The zero-order valence-corrected chi connectivity index (χ0v) is 15.4. The van der Waals surface area contributed by atoms with E-state index in [4.69, 9.17) is 0 Å². The van der Waals surface area contributed by atoms with Gasteiger partial charge in [-0.1, -0.05) is 34.1 Å². The van der Waals surface area contributed by atoms with E-state index in [1.165, 1.54) is 6.33 Å². The Hall–Kier alpha value is -3.00. The van der Waals surface area contributed by atoms with E-state index < -0.39 is 6.04 Å². The maximum Gasteiger partial charge on any atom is 0.257 e. The van der Waals surface area contributed by atoms with Crippen LogP contribution in [0, 0.1) is 0 Å². The molecular formula is C18H15BrN6O. The Morgan fingerprint density at radius 3 is 2.88 bits per heavy atom. The van der Waals surface area contributed by atoms with Crippen LogP contribution in [0.5, 0.6) is 0 Å². The standard InChI is InChI=1S/C18H15BrN6O/c1-11-15(17(26)24-14-7-2-3-8-20-14)16(12-5-4-6-13(19)9-12)25-18(23-11)21-10-22-25/h2-10,16H,1H3,(H,20,24,26)(H,21,22,23)/t16-/m0/s1.